The third kappa shape index (κ3) is 2.45. The topological polar surface area (TPSA) is 37.3 Å². The first-order chi connectivity index (χ1) is 9.69. The normalized spacial score (nSPS) is 30.3. The number of carboxylic acids is 1. The van der Waals surface area contributed by atoms with Gasteiger partial charge < -0.3 is 5.11 Å². The summed E-state index contributed by atoms with van der Waals surface area (Å²) in [6.07, 6.45) is 8.44. The molecular weight excluding hydrogens is 260 g/mol. The summed E-state index contributed by atoms with van der Waals surface area (Å²) >= 11 is 0. The lowest BCUT2D eigenvalue weighted by atomic mass is 9.62. The maximum Gasteiger partial charge on any atom is 0.310 e. The molecule has 0 spiro atoms. The smallest absolute Gasteiger partial charge is 0.310 e. The van der Waals surface area contributed by atoms with Gasteiger partial charge in [-0.15, -0.1) is 0 Å². The van der Waals surface area contributed by atoms with Crippen molar-refractivity contribution in [3.63, 3.8) is 0 Å². The molecule has 0 heterocycles. The Morgan fingerprint density at radius 3 is 2.33 bits per heavy atom. The Hall–Kier alpha value is -0.790. The quantitative estimate of drug-likeness (QED) is 0.531. The van der Waals surface area contributed by atoms with Crippen molar-refractivity contribution in [2.45, 2.75) is 86.0 Å². The molecule has 1 N–H and O–H groups in total. The third-order valence-electron chi connectivity index (χ3n) is 6.46. The van der Waals surface area contributed by atoms with Gasteiger partial charge in [0.05, 0.1) is 5.41 Å². The summed E-state index contributed by atoms with van der Waals surface area (Å²) in [4.78, 5) is 12.3. The van der Waals surface area contributed by atoms with E-state index in [1.807, 2.05) is 0 Å². The highest BCUT2D eigenvalue weighted by Gasteiger charge is 2.59. The van der Waals surface area contributed by atoms with Gasteiger partial charge in [0.15, 0.2) is 0 Å². The molecular formula is C19H32O2. The lowest BCUT2D eigenvalue weighted by Crippen LogP contribution is -2.42. The molecule has 0 saturated heterocycles. The molecule has 120 valence electrons. The molecule has 0 aromatic carbocycles. The van der Waals surface area contributed by atoms with Crippen LogP contribution in [0.1, 0.15) is 86.0 Å². The Morgan fingerprint density at radius 2 is 1.81 bits per heavy atom. The fraction of sp³-hybridized carbons (Fsp3) is 0.842. The Bertz CT molecular complexity index is 456. The Labute approximate surface area is 130 Å². The van der Waals surface area contributed by atoms with Gasteiger partial charge in [-0.2, -0.15) is 0 Å². The van der Waals surface area contributed by atoms with E-state index in [1.165, 1.54) is 24.0 Å². The standard InChI is InChI=1S/C19H32O2/c1-6-7-8-12-19(16(20)21)13-15-14(18(19,4)5)10-9-11-17(15,2)3/h6-13H2,1-5H3,(H,20,21). The van der Waals surface area contributed by atoms with Gasteiger partial charge in [0.1, 0.15) is 0 Å². The lowest BCUT2D eigenvalue weighted by Gasteiger charge is -2.40. The molecule has 0 radical (unpaired) electrons. The molecule has 0 aromatic rings. The van der Waals surface area contributed by atoms with E-state index in [-0.39, 0.29) is 10.8 Å². The molecule has 1 unspecified atom stereocenters. The largest absolute Gasteiger partial charge is 0.481 e. The van der Waals surface area contributed by atoms with E-state index >= 15 is 0 Å². The maximum absolute atomic E-state index is 12.3. The Morgan fingerprint density at radius 1 is 1.14 bits per heavy atom. The summed E-state index contributed by atoms with van der Waals surface area (Å²) in [5, 5.41) is 10.1. The van der Waals surface area contributed by atoms with Crippen molar-refractivity contribution >= 4 is 5.97 Å². The maximum atomic E-state index is 12.3. The van der Waals surface area contributed by atoms with E-state index in [9.17, 15) is 9.90 Å². The first kappa shape index (κ1) is 16.6. The van der Waals surface area contributed by atoms with Gasteiger partial charge >= 0.3 is 5.97 Å². The van der Waals surface area contributed by atoms with E-state index in [0.717, 1.165) is 38.5 Å². The highest BCUT2D eigenvalue weighted by Crippen LogP contribution is 2.64. The van der Waals surface area contributed by atoms with Crippen LogP contribution in [0.4, 0.5) is 0 Å². The zero-order chi connectivity index (χ0) is 15.9. The molecule has 2 heteroatoms. The molecule has 2 aliphatic carbocycles. The number of hydrogen-bond acceptors (Lipinski definition) is 1. The van der Waals surface area contributed by atoms with E-state index in [4.69, 9.17) is 0 Å². The first-order valence-electron chi connectivity index (χ1n) is 8.65. The summed E-state index contributed by atoms with van der Waals surface area (Å²) < 4.78 is 0. The molecule has 2 aliphatic rings. The molecule has 0 bridgehead atoms. The number of aliphatic carboxylic acids is 1. The molecule has 1 atom stereocenters. The number of carbonyl (C=O) groups is 1. The minimum Gasteiger partial charge on any atom is -0.481 e. The number of hydrogen-bond donors (Lipinski definition) is 1. The van der Waals surface area contributed by atoms with E-state index in [1.54, 1.807) is 0 Å². The van der Waals surface area contributed by atoms with Gasteiger partial charge in [0, 0.05) is 5.41 Å². The highest BCUT2D eigenvalue weighted by atomic mass is 16.4. The summed E-state index contributed by atoms with van der Waals surface area (Å²) in [5.74, 6) is -0.575. The van der Waals surface area contributed by atoms with E-state index < -0.39 is 11.4 Å². The molecule has 0 fully saturated rings. The van der Waals surface area contributed by atoms with Crippen LogP contribution in [0.2, 0.25) is 0 Å². The Balaban J connectivity index is 2.40. The van der Waals surface area contributed by atoms with Crippen molar-refractivity contribution in [3.05, 3.63) is 11.1 Å². The predicted molar refractivity (Wildman–Crippen MR) is 87.3 cm³/mol. The van der Waals surface area contributed by atoms with Gasteiger partial charge in [-0.3, -0.25) is 4.79 Å². The fourth-order valence-electron chi connectivity index (χ4n) is 4.79. The van der Waals surface area contributed by atoms with Crippen LogP contribution in [0.5, 0.6) is 0 Å². The number of rotatable bonds is 5. The van der Waals surface area contributed by atoms with Crippen LogP contribution >= 0.6 is 0 Å². The van der Waals surface area contributed by atoms with E-state index in [0.29, 0.717) is 0 Å². The molecule has 0 aromatic heterocycles. The van der Waals surface area contributed by atoms with E-state index in [2.05, 4.69) is 34.6 Å². The summed E-state index contributed by atoms with van der Waals surface area (Å²) in [6.45, 7) is 11.2. The Kier molecular flexibility index (Phi) is 4.30. The summed E-state index contributed by atoms with van der Waals surface area (Å²) in [5.41, 5.74) is 2.36. The third-order valence-corrected chi connectivity index (χ3v) is 6.46. The lowest BCUT2D eigenvalue weighted by molar-refractivity contribution is -0.155. The van der Waals surface area contributed by atoms with Crippen LogP contribution in [0, 0.1) is 16.2 Å². The van der Waals surface area contributed by atoms with Crippen molar-refractivity contribution in [2.24, 2.45) is 16.2 Å². The molecule has 21 heavy (non-hydrogen) atoms. The zero-order valence-electron chi connectivity index (χ0n) is 14.5. The van der Waals surface area contributed by atoms with Crippen LogP contribution < -0.4 is 0 Å². The van der Waals surface area contributed by atoms with Gasteiger partial charge in [-0.05, 0) is 37.5 Å². The van der Waals surface area contributed by atoms with Crippen molar-refractivity contribution < 1.29 is 9.90 Å². The highest BCUT2D eigenvalue weighted by molar-refractivity contribution is 5.78. The molecule has 2 rings (SSSR count). The summed E-state index contributed by atoms with van der Waals surface area (Å²) in [7, 11) is 0. The van der Waals surface area contributed by atoms with Crippen molar-refractivity contribution in [1.82, 2.24) is 0 Å². The van der Waals surface area contributed by atoms with Crippen molar-refractivity contribution in [2.75, 3.05) is 0 Å². The average Bonchev–Trinajstić information content (AvgIpc) is 2.61. The molecule has 2 nitrogen and oxygen atoms in total. The van der Waals surface area contributed by atoms with Crippen LogP contribution in [-0.4, -0.2) is 11.1 Å². The van der Waals surface area contributed by atoms with Crippen LogP contribution in [0.15, 0.2) is 11.1 Å². The SMILES string of the molecule is CCCCCC1(C(=O)O)CC2=C(CCCC2(C)C)C1(C)C. The van der Waals surface area contributed by atoms with Crippen molar-refractivity contribution in [3.8, 4) is 0 Å². The second-order valence-corrected chi connectivity index (χ2v) is 8.34. The van der Waals surface area contributed by atoms with Gasteiger partial charge in [-0.1, -0.05) is 65.0 Å². The number of carboxylic acid groups (broad SMARTS) is 1. The zero-order valence-corrected chi connectivity index (χ0v) is 14.5. The monoisotopic (exact) mass is 292 g/mol. The van der Waals surface area contributed by atoms with Crippen molar-refractivity contribution in [1.29, 1.82) is 0 Å². The second kappa shape index (κ2) is 5.44. The van der Waals surface area contributed by atoms with Gasteiger partial charge in [-0.25, -0.2) is 0 Å². The molecule has 0 saturated carbocycles. The van der Waals surface area contributed by atoms with Gasteiger partial charge in [0.25, 0.3) is 0 Å². The minimum atomic E-state index is -0.575. The first-order valence-corrected chi connectivity index (χ1v) is 8.65. The number of unbranched alkanes of at least 4 members (excludes halogenated alkanes) is 2. The molecule has 0 aliphatic heterocycles. The van der Waals surface area contributed by atoms with Crippen LogP contribution in [0.25, 0.3) is 0 Å². The fourth-order valence-corrected chi connectivity index (χ4v) is 4.79. The van der Waals surface area contributed by atoms with Crippen LogP contribution in [0.3, 0.4) is 0 Å². The minimum absolute atomic E-state index is 0.187. The number of allylic oxidation sites excluding steroid dienone is 2. The second-order valence-electron chi connectivity index (χ2n) is 8.34. The summed E-state index contributed by atoms with van der Waals surface area (Å²) in [6, 6.07) is 0. The predicted octanol–water partition coefficient (Wildman–Crippen LogP) is 5.57. The van der Waals surface area contributed by atoms with Crippen LogP contribution in [-0.2, 0) is 4.79 Å². The molecule has 0 amide bonds. The average molecular weight is 292 g/mol. The van der Waals surface area contributed by atoms with Gasteiger partial charge in [0.2, 0.25) is 0 Å².